The molecule has 3 aromatic rings. The van der Waals surface area contributed by atoms with Gasteiger partial charge in [0.25, 0.3) is 0 Å². The van der Waals surface area contributed by atoms with E-state index in [2.05, 4.69) is 67.7 Å². The second-order valence-electron chi connectivity index (χ2n) is 8.39. The SMILES string of the molecule is Cc1ccc(C(NC(=O)CN2CCN(c3ncnc4sccc34)CC2)C2CC2)cc1. The van der Waals surface area contributed by atoms with Gasteiger partial charge in [0.1, 0.15) is 17.0 Å². The number of hydrogen-bond donors (Lipinski definition) is 1. The molecule has 1 aliphatic heterocycles. The van der Waals surface area contributed by atoms with Gasteiger partial charge in [-0.2, -0.15) is 0 Å². The first kappa shape index (κ1) is 19.5. The Morgan fingerprint density at radius 1 is 1.13 bits per heavy atom. The van der Waals surface area contributed by atoms with Gasteiger partial charge < -0.3 is 10.2 Å². The summed E-state index contributed by atoms with van der Waals surface area (Å²) in [7, 11) is 0. The molecule has 30 heavy (non-hydrogen) atoms. The van der Waals surface area contributed by atoms with Crippen LogP contribution in [0.4, 0.5) is 5.82 Å². The Labute approximate surface area is 180 Å². The summed E-state index contributed by atoms with van der Waals surface area (Å²) >= 11 is 1.65. The fourth-order valence-corrected chi connectivity index (χ4v) is 4.97. The molecule has 2 aromatic heterocycles. The highest BCUT2D eigenvalue weighted by atomic mass is 32.1. The average Bonchev–Trinajstić information content (AvgIpc) is 3.49. The molecule has 6 nitrogen and oxygen atoms in total. The zero-order valence-corrected chi connectivity index (χ0v) is 18.1. The van der Waals surface area contributed by atoms with Crippen LogP contribution in [0, 0.1) is 12.8 Å². The third kappa shape index (κ3) is 4.18. The van der Waals surface area contributed by atoms with Crippen LogP contribution in [0.5, 0.6) is 0 Å². The van der Waals surface area contributed by atoms with Crippen molar-refractivity contribution in [2.45, 2.75) is 25.8 Å². The molecule has 1 saturated carbocycles. The van der Waals surface area contributed by atoms with Gasteiger partial charge in [0.05, 0.1) is 18.0 Å². The Bertz CT molecular complexity index is 1020. The lowest BCUT2D eigenvalue weighted by Gasteiger charge is -2.35. The quantitative estimate of drug-likeness (QED) is 0.661. The van der Waals surface area contributed by atoms with Crippen molar-refractivity contribution in [2.75, 3.05) is 37.6 Å². The Morgan fingerprint density at radius 2 is 1.90 bits per heavy atom. The maximum Gasteiger partial charge on any atom is 0.234 e. The molecule has 1 saturated heterocycles. The molecule has 2 aliphatic rings. The van der Waals surface area contributed by atoms with Crippen molar-refractivity contribution >= 4 is 33.3 Å². The Hall–Kier alpha value is -2.51. The number of benzene rings is 1. The molecule has 0 radical (unpaired) electrons. The zero-order valence-electron chi connectivity index (χ0n) is 17.3. The van der Waals surface area contributed by atoms with Crippen molar-refractivity contribution in [2.24, 2.45) is 5.92 Å². The van der Waals surface area contributed by atoms with Crippen molar-refractivity contribution < 1.29 is 4.79 Å². The summed E-state index contributed by atoms with van der Waals surface area (Å²) < 4.78 is 0. The summed E-state index contributed by atoms with van der Waals surface area (Å²) in [4.78, 5) is 27.3. The van der Waals surface area contributed by atoms with Crippen LogP contribution in [0.3, 0.4) is 0 Å². The van der Waals surface area contributed by atoms with Gasteiger partial charge in [-0.1, -0.05) is 29.8 Å². The second-order valence-corrected chi connectivity index (χ2v) is 9.29. The van der Waals surface area contributed by atoms with E-state index >= 15 is 0 Å². The van der Waals surface area contributed by atoms with Crippen LogP contribution < -0.4 is 10.2 Å². The molecule has 5 rings (SSSR count). The summed E-state index contributed by atoms with van der Waals surface area (Å²) in [5.41, 5.74) is 2.48. The summed E-state index contributed by atoms with van der Waals surface area (Å²) in [6, 6.07) is 10.8. The summed E-state index contributed by atoms with van der Waals surface area (Å²) in [5, 5.41) is 6.50. The lowest BCUT2D eigenvalue weighted by Crippen LogP contribution is -2.50. The Balaban J connectivity index is 1.17. The standard InChI is InChI=1S/C23H27N5OS/c1-16-2-4-17(5-3-16)21(18-6-7-18)26-20(29)14-27-9-11-28(12-10-27)22-19-8-13-30-23(19)25-15-24-22/h2-5,8,13,15,18,21H,6-7,9-12,14H2,1H3,(H,26,29). The topological polar surface area (TPSA) is 61.4 Å². The number of fused-ring (bicyclic) bond motifs is 1. The fourth-order valence-electron chi connectivity index (χ4n) is 4.25. The Kier molecular flexibility index (Phi) is 5.39. The van der Waals surface area contributed by atoms with Crippen LogP contribution >= 0.6 is 11.3 Å². The molecule has 156 valence electrons. The molecule has 2 fully saturated rings. The lowest BCUT2D eigenvalue weighted by molar-refractivity contribution is -0.123. The molecule has 1 amide bonds. The van der Waals surface area contributed by atoms with Gasteiger partial charge in [0, 0.05) is 26.2 Å². The number of nitrogens with one attached hydrogen (secondary N) is 1. The molecule has 7 heteroatoms. The highest BCUT2D eigenvalue weighted by Crippen LogP contribution is 2.41. The molecule has 0 spiro atoms. The fraction of sp³-hybridized carbons (Fsp3) is 0.435. The number of aryl methyl sites for hydroxylation is 1. The number of rotatable bonds is 6. The highest BCUT2D eigenvalue weighted by molar-refractivity contribution is 7.16. The number of hydrogen-bond acceptors (Lipinski definition) is 6. The predicted octanol–water partition coefficient (Wildman–Crippen LogP) is 3.39. The first-order chi connectivity index (χ1) is 14.7. The molecule has 1 N–H and O–H groups in total. The molecular weight excluding hydrogens is 394 g/mol. The number of anilines is 1. The summed E-state index contributed by atoms with van der Waals surface area (Å²) in [5.74, 6) is 1.72. The van der Waals surface area contributed by atoms with Crippen LogP contribution in [-0.2, 0) is 4.79 Å². The average molecular weight is 422 g/mol. The van der Waals surface area contributed by atoms with Crippen LogP contribution in [0.1, 0.15) is 30.0 Å². The van der Waals surface area contributed by atoms with Crippen LogP contribution in [0.25, 0.3) is 10.2 Å². The molecule has 0 bridgehead atoms. The Morgan fingerprint density at radius 3 is 2.63 bits per heavy atom. The van der Waals surface area contributed by atoms with Crippen molar-refractivity contribution in [3.8, 4) is 0 Å². The molecular formula is C23H27N5OS. The maximum atomic E-state index is 12.8. The number of piperazine rings is 1. The van der Waals surface area contributed by atoms with Gasteiger partial charge in [-0.15, -0.1) is 11.3 Å². The molecule has 1 aliphatic carbocycles. The second kappa shape index (κ2) is 8.32. The zero-order chi connectivity index (χ0) is 20.5. The number of amides is 1. The minimum absolute atomic E-state index is 0.128. The largest absolute Gasteiger partial charge is 0.353 e. The highest BCUT2D eigenvalue weighted by Gasteiger charge is 2.33. The maximum absolute atomic E-state index is 12.8. The third-order valence-corrected chi connectivity index (χ3v) is 6.95. The number of carbonyl (C=O) groups excluding carboxylic acids is 1. The number of carbonyl (C=O) groups is 1. The van der Waals surface area contributed by atoms with Crippen molar-refractivity contribution in [3.63, 3.8) is 0 Å². The van der Waals surface area contributed by atoms with Crippen LogP contribution in [0.2, 0.25) is 0 Å². The first-order valence-electron chi connectivity index (χ1n) is 10.7. The van der Waals surface area contributed by atoms with Gasteiger partial charge in [0.2, 0.25) is 5.91 Å². The molecule has 1 atom stereocenters. The van der Waals surface area contributed by atoms with Crippen molar-refractivity contribution in [1.29, 1.82) is 0 Å². The van der Waals surface area contributed by atoms with Crippen LogP contribution in [0.15, 0.2) is 42.0 Å². The molecule has 1 unspecified atom stereocenters. The molecule has 1 aromatic carbocycles. The number of aromatic nitrogens is 2. The first-order valence-corrected chi connectivity index (χ1v) is 11.6. The van der Waals surface area contributed by atoms with Gasteiger partial charge in [-0.3, -0.25) is 9.69 Å². The van der Waals surface area contributed by atoms with Gasteiger partial charge in [-0.05, 0) is 42.7 Å². The van der Waals surface area contributed by atoms with Crippen molar-refractivity contribution in [1.82, 2.24) is 20.2 Å². The third-order valence-electron chi connectivity index (χ3n) is 6.13. The van der Waals surface area contributed by atoms with E-state index in [-0.39, 0.29) is 11.9 Å². The number of thiophene rings is 1. The van der Waals surface area contributed by atoms with Gasteiger partial charge >= 0.3 is 0 Å². The van der Waals surface area contributed by atoms with E-state index in [1.807, 2.05) is 0 Å². The van der Waals surface area contributed by atoms with Crippen LogP contribution in [-0.4, -0.2) is 53.5 Å². The predicted molar refractivity (Wildman–Crippen MR) is 121 cm³/mol. The van der Waals surface area contributed by atoms with E-state index in [0.29, 0.717) is 12.5 Å². The minimum atomic E-state index is 0.128. The minimum Gasteiger partial charge on any atom is -0.353 e. The van der Waals surface area contributed by atoms with E-state index in [1.165, 1.54) is 24.0 Å². The van der Waals surface area contributed by atoms with Gasteiger partial charge in [-0.25, -0.2) is 9.97 Å². The van der Waals surface area contributed by atoms with E-state index in [0.717, 1.165) is 42.2 Å². The van der Waals surface area contributed by atoms with Gasteiger partial charge in [0.15, 0.2) is 0 Å². The number of nitrogens with zero attached hydrogens (tertiary/aromatic N) is 4. The molecule has 3 heterocycles. The van der Waals surface area contributed by atoms with E-state index in [1.54, 1.807) is 17.7 Å². The normalized spacial score (nSPS) is 18.5. The monoisotopic (exact) mass is 421 g/mol. The smallest absolute Gasteiger partial charge is 0.234 e. The summed E-state index contributed by atoms with van der Waals surface area (Å²) in [6.07, 6.45) is 4.05. The van der Waals surface area contributed by atoms with Crippen molar-refractivity contribution in [3.05, 3.63) is 53.2 Å². The van der Waals surface area contributed by atoms with E-state index < -0.39 is 0 Å². The lowest BCUT2D eigenvalue weighted by atomic mass is 10.0. The summed E-state index contributed by atoms with van der Waals surface area (Å²) in [6.45, 7) is 6.03. The van der Waals surface area contributed by atoms with E-state index in [9.17, 15) is 4.79 Å². The van der Waals surface area contributed by atoms with E-state index in [4.69, 9.17) is 0 Å².